The van der Waals surface area contributed by atoms with Crippen molar-refractivity contribution in [1.29, 1.82) is 0 Å². The van der Waals surface area contributed by atoms with Gasteiger partial charge in [-0.05, 0) is 24.3 Å². The number of carbonyl (C=O) groups excluding carboxylic acids is 2. The highest BCUT2D eigenvalue weighted by Crippen LogP contribution is 2.04. The molecule has 0 saturated carbocycles. The maximum Gasteiger partial charge on any atom is 0.231 e. The van der Waals surface area contributed by atoms with Gasteiger partial charge in [0, 0.05) is 38.6 Å². The van der Waals surface area contributed by atoms with Crippen molar-refractivity contribution < 1.29 is 9.59 Å². The molecule has 26 heavy (non-hydrogen) atoms. The summed E-state index contributed by atoms with van der Waals surface area (Å²) in [4.78, 5) is 35.1. The third-order valence-corrected chi connectivity index (χ3v) is 3.71. The molecule has 0 aliphatic carbocycles. The van der Waals surface area contributed by atoms with Gasteiger partial charge in [-0.15, -0.1) is 0 Å². The normalized spacial score (nSPS) is 11.0. The number of nitrogens with zero attached hydrogens (tertiary/aromatic N) is 4. The number of amides is 2. The minimum absolute atomic E-state index is 0.116. The first kappa shape index (κ1) is 19.5. The van der Waals surface area contributed by atoms with Crippen LogP contribution in [-0.4, -0.2) is 57.8 Å². The maximum atomic E-state index is 11.4. The van der Waals surface area contributed by atoms with Crippen molar-refractivity contribution in [1.82, 2.24) is 19.8 Å². The number of aromatic nitrogens is 2. The van der Waals surface area contributed by atoms with Gasteiger partial charge in [0.25, 0.3) is 0 Å². The number of rotatable bonds is 11. The van der Waals surface area contributed by atoms with Crippen LogP contribution >= 0.6 is 0 Å². The van der Waals surface area contributed by atoms with Crippen LogP contribution in [0.15, 0.2) is 48.8 Å². The highest BCUT2D eigenvalue weighted by molar-refractivity contribution is 5.76. The molecule has 0 unspecified atom stereocenters. The second-order valence-corrected chi connectivity index (χ2v) is 6.00. The lowest BCUT2D eigenvalue weighted by Crippen LogP contribution is -2.41. The van der Waals surface area contributed by atoms with Crippen LogP contribution in [0.4, 0.5) is 0 Å². The van der Waals surface area contributed by atoms with Gasteiger partial charge in [-0.2, -0.15) is 0 Å². The molecule has 0 aliphatic rings. The van der Waals surface area contributed by atoms with E-state index in [2.05, 4.69) is 9.97 Å². The minimum Gasteiger partial charge on any atom is -0.369 e. The molecule has 4 N–H and O–H groups in total. The van der Waals surface area contributed by atoms with Crippen molar-refractivity contribution in [2.75, 3.05) is 26.2 Å². The summed E-state index contributed by atoms with van der Waals surface area (Å²) >= 11 is 0. The van der Waals surface area contributed by atoms with E-state index < -0.39 is 11.8 Å². The predicted molar refractivity (Wildman–Crippen MR) is 97.4 cm³/mol. The summed E-state index contributed by atoms with van der Waals surface area (Å²) in [7, 11) is 0. The molecule has 0 bridgehead atoms. The van der Waals surface area contributed by atoms with Gasteiger partial charge >= 0.3 is 0 Å². The minimum atomic E-state index is -0.410. The van der Waals surface area contributed by atoms with Gasteiger partial charge in [0.2, 0.25) is 11.8 Å². The monoisotopic (exact) mass is 356 g/mol. The van der Waals surface area contributed by atoms with Crippen molar-refractivity contribution in [3.05, 3.63) is 60.2 Å². The van der Waals surface area contributed by atoms with Gasteiger partial charge in [-0.25, -0.2) is 0 Å². The number of pyridine rings is 2. The first-order valence-corrected chi connectivity index (χ1v) is 8.34. The second-order valence-electron chi connectivity index (χ2n) is 6.00. The topological polar surface area (TPSA) is 118 Å². The summed E-state index contributed by atoms with van der Waals surface area (Å²) in [6, 6.07) is 11.2. The van der Waals surface area contributed by atoms with E-state index in [-0.39, 0.29) is 13.1 Å². The van der Waals surface area contributed by atoms with Crippen LogP contribution in [0.3, 0.4) is 0 Å². The lowest BCUT2D eigenvalue weighted by atomic mass is 10.3. The Morgan fingerprint density at radius 1 is 0.769 bits per heavy atom. The molecule has 138 valence electrons. The van der Waals surface area contributed by atoms with Crippen molar-refractivity contribution >= 4 is 11.8 Å². The number of primary amides is 2. The Labute approximate surface area is 152 Å². The molecule has 2 aromatic heterocycles. The number of hydrogen-bond donors (Lipinski definition) is 2. The number of carbonyl (C=O) groups is 2. The van der Waals surface area contributed by atoms with Crippen molar-refractivity contribution in [3.8, 4) is 0 Å². The Hall–Kier alpha value is -2.84. The molecule has 0 radical (unpaired) electrons. The predicted octanol–water partition coefficient (Wildman–Crippen LogP) is -0.249. The summed E-state index contributed by atoms with van der Waals surface area (Å²) in [5.41, 5.74) is 12.4. The van der Waals surface area contributed by atoms with E-state index in [0.29, 0.717) is 26.2 Å². The molecule has 0 aromatic carbocycles. The van der Waals surface area contributed by atoms with Crippen molar-refractivity contribution in [2.24, 2.45) is 11.5 Å². The number of hydrogen-bond acceptors (Lipinski definition) is 6. The zero-order chi connectivity index (χ0) is 18.8. The summed E-state index contributed by atoms with van der Waals surface area (Å²) in [6.45, 7) is 2.31. The molecule has 8 heteroatoms. The van der Waals surface area contributed by atoms with Gasteiger partial charge in [0.15, 0.2) is 0 Å². The first-order chi connectivity index (χ1) is 12.5. The number of nitrogens with two attached hydrogens (primary N) is 2. The van der Waals surface area contributed by atoms with Gasteiger partial charge in [0.1, 0.15) is 0 Å². The molecule has 8 nitrogen and oxygen atoms in total. The Morgan fingerprint density at radius 3 is 1.50 bits per heavy atom. The van der Waals surface area contributed by atoms with E-state index in [0.717, 1.165) is 11.4 Å². The van der Waals surface area contributed by atoms with Crippen LogP contribution in [0.1, 0.15) is 11.4 Å². The van der Waals surface area contributed by atoms with Gasteiger partial charge in [-0.3, -0.25) is 29.4 Å². The Bertz CT molecular complexity index is 634. The molecule has 2 aromatic rings. The highest BCUT2D eigenvalue weighted by atomic mass is 16.1. The lowest BCUT2D eigenvalue weighted by molar-refractivity contribution is -0.121. The third-order valence-electron chi connectivity index (χ3n) is 3.71. The van der Waals surface area contributed by atoms with E-state index in [1.807, 2.05) is 46.2 Å². The van der Waals surface area contributed by atoms with Crippen molar-refractivity contribution in [2.45, 2.75) is 13.1 Å². The lowest BCUT2D eigenvalue weighted by Gasteiger charge is -2.26. The molecular formula is C18H24N6O2. The van der Waals surface area contributed by atoms with Crippen molar-refractivity contribution in [3.63, 3.8) is 0 Å². The molecule has 2 amide bonds. The SMILES string of the molecule is NC(=O)CN(CCN(CC(N)=O)Cc1ccccn1)Cc1ccccn1. The van der Waals surface area contributed by atoms with E-state index in [9.17, 15) is 9.59 Å². The average Bonchev–Trinajstić information content (AvgIpc) is 2.60. The molecule has 0 spiro atoms. The Kier molecular flexibility index (Phi) is 7.66. The van der Waals surface area contributed by atoms with E-state index >= 15 is 0 Å². The van der Waals surface area contributed by atoms with Crippen LogP contribution in [0.2, 0.25) is 0 Å². The fraction of sp³-hybridized carbons (Fsp3) is 0.333. The summed E-state index contributed by atoms with van der Waals surface area (Å²) in [5, 5.41) is 0. The Balaban J connectivity index is 1.99. The quantitative estimate of drug-likeness (QED) is 0.573. The van der Waals surface area contributed by atoms with Crippen LogP contribution in [0.5, 0.6) is 0 Å². The van der Waals surface area contributed by atoms with Gasteiger partial charge in [0.05, 0.1) is 24.5 Å². The average molecular weight is 356 g/mol. The van der Waals surface area contributed by atoms with Crippen LogP contribution < -0.4 is 11.5 Å². The van der Waals surface area contributed by atoms with E-state index in [4.69, 9.17) is 11.5 Å². The summed E-state index contributed by atoms with van der Waals surface area (Å²) < 4.78 is 0. The fourth-order valence-corrected chi connectivity index (χ4v) is 2.59. The molecule has 0 saturated heterocycles. The first-order valence-electron chi connectivity index (χ1n) is 8.34. The summed E-state index contributed by atoms with van der Waals surface area (Å²) in [5.74, 6) is -0.820. The highest BCUT2D eigenvalue weighted by Gasteiger charge is 2.14. The fourth-order valence-electron chi connectivity index (χ4n) is 2.59. The van der Waals surface area contributed by atoms with E-state index in [1.54, 1.807) is 12.4 Å². The zero-order valence-corrected chi connectivity index (χ0v) is 14.6. The Morgan fingerprint density at radius 2 is 1.19 bits per heavy atom. The maximum absolute atomic E-state index is 11.4. The van der Waals surface area contributed by atoms with Crippen LogP contribution in [-0.2, 0) is 22.7 Å². The van der Waals surface area contributed by atoms with Crippen LogP contribution in [0.25, 0.3) is 0 Å². The van der Waals surface area contributed by atoms with Gasteiger partial charge < -0.3 is 11.5 Å². The summed E-state index contributed by atoms with van der Waals surface area (Å²) in [6.07, 6.45) is 3.41. The van der Waals surface area contributed by atoms with Gasteiger partial charge in [-0.1, -0.05) is 12.1 Å². The molecule has 0 fully saturated rings. The second kappa shape index (κ2) is 10.2. The standard InChI is InChI=1S/C18H24N6O2/c19-17(25)13-23(11-15-5-1-3-7-21-15)9-10-24(14-18(20)26)12-16-6-2-4-8-22-16/h1-8H,9-14H2,(H2,19,25)(H2,20,26). The van der Waals surface area contributed by atoms with E-state index in [1.165, 1.54) is 0 Å². The zero-order valence-electron chi connectivity index (χ0n) is 14.6. The molecule has 0 atom stereocenters. The molecular weight excluding hydrogens is 332 g/mol. The molecule has 2 rings (SSSR count). The third kappa shape index (κ3) is 7.37. The molecule has 0 aliphatic heterocycles. The smallest absolute Gasteiger partial charge is 0.231 e. The van der Waals surface area contributed by atoms with Crippen LogP contribution in [0, 0.1) is 0 Å². The molecule has 2 heterocycles. The largest absolute Gasteiger partial charge is 0.369 e.